The second-order valence-electron chi connectivity index (χ2n) is 3.49. The lowest BCUT2D eigenvalue weighted by molar-refractivity contribution is 0.0587. The minimum Gasteiger partial charge on any atom is -0.464 e. The lowest BCUT2D eigenvalue weighted by Gasteiger charge is -1.99. The summed E-state index contributed by atoms with van der Waals surface area (Å²) in [5, 5.41) is 4.32. The van der Waals surface area contributed by atoms with Crippen LogP contribution in [0.2, 0.25) is 0 Å². The first kappa shape index (κ1) is 11.9. The highest BCUT2D eigenvalue weighted by Gasteiger charge is 2.21. The zero-order chi connectivity index (χ0) is 12.4. The van der Waals surface area contributed by atoms with Crippen LogP contribution in [0.25, 0.3) is 11.3 Å². The zero-order valence-corrected chi connectivity index (χ0v) is 11.1. The number of hydrogen-bond donors (Lipinski definition) is 0. The Kier molecular flexibility index (Phi) is 3.28. The van der Waals surface area contributed by atoms with E-state index in [1.165, 1.54) is 11.8 Å². The molecule has 0 N–H and O–H groups in total. The lowest BCUT2D eigenvalue weighted by atomic mass is 10.1. The molecule has 0 saturated heterocycles. The second-order valence-corrected chi connectivity index (χ2v) is 4.29. The number of benzene rings is 1. The molecule has 0 aliphatic heterocycles. The topological polar surface area (TPSA) is 44.1 Å². The molecule has 0 spiro atoms. The molecule has 1 heterocycles. The summed E-state index contributed by atoms with van der Waals surface area (Å²) in [6, 6.07) is 9.66. The molecule has 0 fully saturated rings. The highest BCUT2D eigenvalue weighted by molar-refractivity contribution is 9.10. The largest absolute Gasteiger partial charge is 0.464 e. The first-order valence-corrected chi connectivity index (χ1v) is 5.80. The summed E-state index contributed by atoms with van der Waals surface area (Å²) in [6.45, 7) is 0. The normalized spacial score (nSPS) is 10.3. The Hall–Kier alpha value is -1.62. The number of methoxy groups -OCH3 is 1. The van der Waals surface area contributed by atoms with Crippen LogP contribution in [0.4, 0.5) is 0 Å². The molecule has 1 aromatic carbocycles. The van der Waals surface area contributed by atoms with Crippen molar-refractivity contribution >= 4 is 21.9 Å². The third-order valence-corrected chi connectivity index (χ3v) is 3.17. The van der Waals surface area contributed by atoms with Gasteiger partial charge in [0.15, 0.2) is 5.69 Å². The highest BCUT2D eigenvalue weighted by atomic mass is 79.9. The maximum absolute atomic E-state index is 11.6. The van der Waals surface area contributed by atoms with Crippen LogP contribution < -0.4 is 0 Å². The third-order valence-electron chi connectivity index (χ3n) is 2.42. The van der Waals surface area contributed by atoms with E-state index >= 15 is 0 Å². The van der Waals surface area contributed by atoms with E-state index in [-0.39, 0.29) is 0 Å². The highest BCUT2D eigenvalue weighted by Crippen LogP contribution is 2.30. The van der Waals surface area contributed by atoms with Gasteiger partial charge in [-0.1, -0.05) is 30.3 Å². The standard InChI is InChI=1S/C12H11BrN2O2/c1-15-11(12(16)17-2)9(13)10(14-15)8-6-4-3-5-7-8/h3-7H,1-2H3. The number of aromatic nitrogens is 2. The van der Waals surface area contributed by atoms with Crippen LogP contribution in [-0.4, -0.2) is 22.9 Å². The predicted molar refractivity (Wildman–Crippen MR) is 67.7 cm³/mol. The first-order chi connectivity index (χ1) is 8.15. The van der Waals surface area contributed by atoms with E-state index in [9.17, 15) is 4.79 Å². The molecule has 0 radical (unpaired) electrons. The van der Waals surface area contributed by atoms with Gasteiger partial charge in [0, 0.05) is 12.6 Å². The van der Waals surface area contributed by atoms with Gasteiger partial charge in [-0.3, -0.25) is 4.68 Å². The van der Waals surface area contributed by atoms with E-state index in [1.54, 1.807) is 7.05 Å². The molecular weight excluding hydrogens is 284 g/mol. The van der Waals surface area contributed by atoms with Crippen molar-refractivity contribution in [1.82, 2.24) is 9.78 Å². The van der Waals surface area contributed by atoms with Crippen molar-refractivity contribution in [2.45, 2.75) is 0 Å². The van der Waals surface area contributed by atoms with E-state index < -0.39 is 5.97 Å². The fourth-order valence-electron chi connectivity index (χ4n) is 1.60. The molecule has 4 nitrogen and oxygen atoms in total. The monoisotopic (exact) mass is 294 g/mol. The van der Waals surface area contributed by atoms with E-state index in [2.05, 4.69) is 21.0 Å². The number of ether oxygens (including phenoxy) is 1. The maximum Gasteiger partial charge on any atom is 0.357 e. The number of hydrogen-bond acceptors (Lipinski definition) is 3. The molecule has 17 heavy (non-hydrogen) atoms. The Morgan fingerprint density at radius 3 is 2.59 bits per heavy atom. The summed E-state index contributed by atoms with van der Waals surface area (Å²) in [7, 11) is 3.06. The van der Waals surface area contributed by atoms with Crippen molar-refractivity contribution in [2.75, 3.05) is 7.11 Å². The van der Waals surface area contributed by atoms with Gasteiger partial charge < -0.3 is 4.74 Å². The van der Waals surface area contributed by atoms with Gasteiger partial charge in [0.1, 0.15) is 5.69 Å². The molecule has 88 valence electrons. The van der Waals surface area contributed by atoms with Crippen LogP contribution in [0, 0.1) is 0 Å². The van der Waals surface area contributed by atoms with Crippen LogP contribution in [0.3, 0.4) is 0 Å². The Balaban J connectivity index is 2.56. The van der Waals surface area contributed by atoms with Gasteiger partial charge >= 0.3 is 5.97 Å². The van der Waals surface area contributed by atoms with E-state index in [0.717, 1.165) is 11.3 Å². The van der Waals surface area contributed by atoms with Crippen molar-refractivity contribution in [3.8, 4) is 11.3 Å². The molecule has 0 atom stereocenters. The maximum atomic E-state index is 11.6. The Bertz CT molecular complexity index is 549. The molecule has 1 aromatic heterocycles. The van der Waals surface area contributed by atoms with Gasteiger partial charge in [-0.2, -0.15) is 5.10 Å². The molecule has 2 rings (SSSR count). The van der Waals surface area contributed by atoms with Crippen LogP contribution in [0.1, 0.15) is 10.5 Å². The number of halogens is 1. The second kappa shape index (κ2) is 4.71. The van der Waals surface area contributed by atoms with Gasteiger partial charge in [0.25, 0.3) is 0 Å². The van der Waals surface area contributed by atoms with Crippen molar-refractivity contribution in [1.29, 1.82) is 0 Å². The van der Waals surface area contributed by atoms with E-state index in [0.29, 0.717) is 10.2 Å². The van der Waals surface area contributed by atoms with Crippen molar-refractivity contribution < 1.29 is 9.53 Å². The minimum atomic E-state index is -0.408. The molecule has 0 saturated carbocycles. The number of carbonyl (C=O) groups is 1. The number of esters is 1. The first-order valence-electron chi connectivity index (χ1n) is 5.01. The number of rotatable bonds is 2. The van der Waals surface area contributed by atoms with Crippen LogP contribution in [-0.2, 0) is 11.8 Å². The van der Waals surface area contributed by atoms with Crippen molar-refractivity contribution in [3.05, 3.63) is 40.5 Å². The van der Waals surface area contributed by atoms with Gasteiger partial charge in [0.2, 0.25) is 0 Å². The molecule has 2 aromatic rings. The van der Waals surface area contributed by atoms with Crippen LogP contribution in [0.15, 0.2) is 34.8 Å². The number of carbonyl (C=O) groups excluding carboxylic acids is 1. The number of aryl methyl sites for hydroxylation is 1. The molecule has 5 heteroatoms. The summed E-state index contributed by atoms with van der Waals surface area (Å²) in [4.78, 5) is 11.6. The summed E-state index contributed by atoms with van der Waals surface area (Å²) in [5.41, 5.74) is 2.09. The Morgan fingerprint density at radius 1 is 1.35 bits per heavy atom. The van der Waals surface area contributed by atoms with E-state index in [1.807, 2.05) is 30.3 Å². The van der Waals surface area contributed by atoms with Crippen LogP contribution in [0.5, 0.6) is 0 Å². The van der Waals surface area contributed by atoms with Crippen LogP contribution >= 0.6 is 15.9 Å². The Labute approximate surface area is 107 Å². The zero-order valence-electron chi connectivity index (χ0n) is 9.48. The van der Waals surface area contributed by atoms with Gasteiger partial charge in [-0.25, -0.2) is 4.79 Å². The fraction of sp³-hybridized carbons (Fsp3) is 0.167. The lowest BCUT2D eigenvalue weighted by Crippen LogP contribution is -2.08. The molecule has 0 aliphatic rings. The predicted octanol–water partition coefficient (Wildman–Crippen LogP) is 2.64. The quantitative estimate of drug-likeness (QED) is 0.800. The van der Waals surface area contributed by atoms with Crippen molar-refractivity contribution in [2.24, 2.45) is 7.05 Å². The van der Waals surface area contributed by atoms with Gasteiger partial charge in [-0.15, -0.1) is 0 Å². The van der Waals surface area contributed by atoms with E-state index in [4.69, 9.17) is 4.74 Å². The molecular formula is C12H11BrN2O2. The average Bonchev–Trinajstić information content (AvgIpc) is 2.65. The average molecular weight is 295 g/mol. The summed E-state index contributed by atoms with van der Waals surface area (Å²) < 4.78 is 6.88. The minimum absolute atomic E-state index is 0.408. The summed E-state index contributed by atoms with van der Waals surface area (Å²) in [6.07, 6.45) is 0. The third kappa shape index (κ3) is 2.10. The smallest absolute Gasteiger partial charge is 0.357 e. The van der Waals surface area contributed by atoms with Gasteiger partial charge in [-0.05, 0) is 15.9 Å². The Morgan fingerprint density at radius 2 is 2.00 bits per heavy atom. The summed E-state index contributed by atoms with van der Waals surface area (Å²) in [5.74, 6) is -0.408. The van der Waals surface area contributed by atoms with Crippen molar-refractivity contribution in [3.63, 3.8) is 0 Å². The summed E-state index contributed by atoms with van der Waals surface area (Å²) >= 11 is 3.40. The fourth-order valence-corrected chi connectivity index (χ4v) is 2.32. The van der Waals surface area contributed by atoms with Gasteiger partial charge in [0.05, 0.1) is 11.6 Å². The molecule has 0 aliphatic carbocycles. The number of nitrogens with zero attached hydrogens (tertiary/aromatic N) is 2. The SMILES string of the molecule is COC(=O)c1c(Br)c(-c2ccccc2)nn1C. The molecule has 0 unspecified atom stereocenters. The molecule has 0 amide bonds. The molecule has 0 bridgehead atoms.